The summed E-state index contributed by atoms with van der Waals surface area (Å²) in [5.41, 5.74) is 0.980. The first-order valence-electron chi connectivity index (χ1n) is 10.3. The van der Waals surface area contributed by atoms with E-state index in [-0.39, 0.29) is 17.3 Å². The van der Waals surface area contributed by atoms with Crippen LogP contribution in [0.4, 0.5) is 8.78 Å². The summed E-state index contributed by atoms with van der Waals surface area (Å²) in [5, 5.41) is 17.6. The fraction of sp³-hybridized carbons (Fsp3) is 0.455. The molecule has 2 aliphatic carbocycles. The molecule has 2 heterocycles. The number of carbonyl (C=O) groups is 1. The predicted molar refractivity (Wildman–Crippen MR) is 106 cm³/mol. The van der Waals surface area contributed by atoms with E-state index in [0.717, 1.165) is 24.0 Å². The van der Waals surface area contributed by atoms with Gasteiger partial charge in [0.15, 0.2) is 5.82 Å². The minimum Gasteiger partial charge on any atom is -0.481 e. The van der Waals surface area contributed by atoms with Crippen LogP contribution in [0.15, 0.2) is 34.9 Å². The lowest BCUT2D eigenvalue weighted by atomic mass is 9.67. The zero-order chi connectivity index (χ0) is 22.0. The van der Waals surface area contributed by atoms with E-state index in [1.807, 2.05) is 25.1 Å². The van der Waals surface area contributed by atoms with Crippen molar-refractivity contribution in [1.82, 2.24) is 19.9 Å². The molecule has 0 spiro atoms. The van der Waals surface area contributed by atoms with E-state index < -0.39 is 23.5 Å². The van der Waals surface area contributed by atoms with Crippen LogP contribution in [-0.2, 0) is 10.2 Å². The topological polar surface area (TPSA) is 94.0 Å². The molecule has 2 aromatic heterocycles. The van der Waals surface area contributed by atoms with Gasteiger partial charge >= 0.3 is 5.97 Å². The molecule has 5 rings (SSSR count). The molecule has 0 bridgehead atoms. The highest BCUT2D eigenvalue weighted by molar-refractivity contribution is 5.75. The highest BCUT2D eigenvalue weighted by atomic mass is 19.3. The minimum absolute atomic E-state index is 0.123. The Morgan fingerprint density at radius 3 is 2.61 bits per heavy atom. The van der Waals surface area contributed by atoms with Crippen LogP contribution in [0.3, 0.4) is 0 Å². The fourth-order valence-corrected chi connectivity index (χ4v) is 4.66. The highest BCUT2D eigenvalue weighted by Crippen LogP contribution is 2.54. The van der Waals surface area contributed by atoms with Gasteiger partial charge in [0.25, 0.3) is 12.3 Å². The number of aromatic nitrogens is 4. The largest absolute Gasteiger partial charge is 0.481 e. The summed E-state index contributed by atoms with van der Waals surface area (Å²) in [6.07, 6.45) is -0.382. The molecule has 162 valence electrons. The van der Waals surface area contributed by atoms with Gasteiger partial charge in [0.1, 0.15) is 11.4 Å². The summed E-state index contributed by atoms with van der Waals surface area (Å²) in [5.74, 6) is -0.245. The molecular formula is C22H22F2N4O3. The summed E-state index contributed by atoms with van der Waals surface area (Å²) in [7, 11) is 0. The average molecular weight is 428 g/mol. The number of aliphatic carboxylic acids is 1. The second-order valence-corrected chi connectivity index (χ2v) is 8.95. The first-order valence-corrected chi connectivity index (χ1v) is 10.3. The van der Waals surface area contributed by atoms with E-state index in [1.54, 1.807) is 6.92 Å². The number of aryl methyl sites for hydroxylation is 1. The van der Waals surface area contributed by atoms with Gasteiger partial charge in [-0.15, -0.1) is 0 Å². The third-order valence-electron chi connectivity index (χ3n) is 6.70. The SMILES string of the molecule is Cc1ccccc1C1(c2noc(-c3cc(C(F)F)nn3C3CC(C)(C(=O)O)C3)n2)CC1. The number of hydrogen-bond acceptors (Lipinski definition) is 5. The standard InChI is InChI=1S/C22H22F2N4O3/c1-12-5-3-4-6-14(12)22(7-8-22)19-25-18(31-27-19)16-9-15(17(23)24)26-28(16)13-10-21(2,11-13)20(29)30/h3-6,9,13,17H,7-8,10-11H2,1-2H3,(H,29,30). The van der Waals surface area contributed by atoms with Gasteiger partial charge in [0.05, 0.1) is 16.9 Å². The summed E-state index contributed by atoms with van der Waals surface area (Å²) >= 11 is 0. The van der Waals surface area contributed by atoms with Crippen molar-refractivity contribution < 1.29 is 23.2 Å². The number of carboxylic acids is 1. The van der Waals surface area contributed by atoms with Crippen LogP contribution in [-0.4, -0.2) is 31.0 Å². The van der Waals surface area contributed by atoms with E-state index in [1.165, 1.54) is 10.7 Å². The molecule has 2 fully saturated rings. The van der Waals surface area contributed by atoms with Gasteiger partial charge in [-0.25, -0.2) is 8.78 Å². The maximum Gasteiger partial charge on any atom is 0.309 e. The zero-order valence-electron chi connectivity index (χ0n) is 17.2. The molecule has 0 unspecified atom stereocenters. The Balaban J connectivity index is 1.50. The van der Waals surface area contributed by atoms with Crippen LogP contribution in [0.25, 0.3) is 11.6 Å². The zero-order valence-corrected chi connectivity index (χ0v) is 17.2. The number of hydrogen-bond donors (Lipinski definition) is 1. The molecule has 0 atom stereocenters. The van der Waals surface area contributed by atoms with E-state index in [9.17, 15) is 18.7 Å². The normalized spacial score (nSPS) is 24.2. The second kappa shape index (κ2) is 6.70. The van der Waals surface area contributed by atoms with E-state index in [0.29, 0.717) is 24.4 Å². The molecule has 2 aliphatic rings. The van der Waals surface area contributed by atoms with Gasteiger partial charge in [-0.3, -0.25) is 9.48 Å². The smallest absolute Gasteiger partial charge is 0.309 e. The minimum atomic E-state index is -2.75. The second-order valence-electron chi connectivity index (χ2n) is 8.95. The van der Waals surface area contributed by atoms with Crippen molar-refractivity contribution in [3.63, 3.8) is 0 Å². The molecule has 7 nitrogen and oxygen atoms in total. The lowest BCUT2D eigenvalue weighted by Crippen LogP contribution is -2.42. The molecule has 0 radical (unpaired) electrons. The molecule has 1 aromatic carbocycles. The number of rotatable bonds is 6. The van der Waals surface area contributed by atoms with Crippen molar-refractivity contribution in [3.05, 3.63) is 53.0 Å². The Morgan fingerprint density at radius 2 is 2.00 bits per heavy atom. The summed E-state index contributed by atoms with van der Waals surface area (Å²) in [6, 6.07) is 8.99. The van der Waals surface area contributed by atoms with Gasteiger partial charge < -0.3 is 9.63 Å². The summed E-state index contributed by atoms with van der Waals surface area (Å²) in [6.45, 7) is 3.68. The fourth-order valence-electron chi connectivity index (χ4n) is 4.66. The molecule has 0 aliphatic heterocycles. The van der Waals surface area contributed by atoms with Gasteiger partial charge in [-0.2, -0.15) is 10.1 Å². The lowest BCUT2D eigenvalue weighted by molar-refractivity contribution is -0.155. The van der Waals surface area contributed by atoms with E-state index in [4.69, 9.17) is 4.52 Å². The van der Waals surface area contributed by atoms with Crippen LogP contribution in [0.1, 0.15) is 67.7 Å². The third kappa shape index (κ3) is 3.05. The van der Waals surface area contributed by atoms with Crippen LogP contribution in [0.2, 0.25) is 0 Å². The number of nitrogens with zero attached hydrogens (tertiary/aromatic N) is 4. The molecule has 0 amide bonds. The number of benzene rings is 1. The number of halogens is 2. The van der Waals surface area contributed by atoms with Crippen LogP contribution in [0.5, 0.6) is 0 Å². The number of carboxylic acid groups (broad SMARTS) is 1. The Kier molecular flexibility index (Phi) is 4.29. The van der Waals surface area contributed by atoms with Crippen LogP contribution >= 0.6 is 0 Å². The third-order valence-corrected chi connectivity index (χ3v) is 6.70. The van der Waals surface area contributed by atoms with Crippen molar-refractivity contribution in [3.8, 4) is 11.6 Å². The van der Waals surface area contributed by atoms with Crippen molar-refractivity contribution in [2.24, 2.45) is 5.41 Å². The Morgan fingerprint density at radius 1 is 1.29 bits per heavy atom. The lowest BCUT2D eigenvalue weighted by Gasteiger charge is -2.41. The molecular weight excluding hydrogens is 406 g/mol. The quantitative estimate of drug-likeness (QED) is 0.612. The monoisotopic (exact) mass is 428 g/mol. The number of alkyl halides is 2. The molecule has 0 saturated heterocycles. The Labute approximate surface area is 177 Å². The Bertz CT molecular complexity index is 1160. The van der Waals surface area contributed by atoms with Crippen LogP contribution in [0, 0.1) is 12.3 Å². The maximum absolute atomic E-state index is 13.4. The molecule has 1 N–H and O–H groups in total. The van der Waals surface area contributed by atoms with Crippen LogP contribution < -0.4 is 0 Å². The van der Waals surface area contributed by atoms with Crippen molar-refractivity contribution >= 4 is 5.97 Å². The maximum atomic E-state index is 13.4. The molecule has 3 aromatic rings. The first-order chi connectivity index (χ1) is 14.7. The van der Waals surface area contributed by atoms with Gasteiger partial charge in [0.2, 0.25) is 0 Å². The van der Waals surface area contributed by atoms with Gasteiger partial charge in [0, 0.05) is 0 Å². The summed E-state index contributed by atoms with van der Waals surface area (Å²) in [4.78, 5) is 16.0. The average Bonchev–Trinajstić information content (AvgIpc) is 3.15. The Hall–Kier alpha value is -3.10. The van der Waals surface area contributed by atoms with E-state index >= 15 is 0 Å². The molecule has 31 heavy (non-hydrogen) atoms. The van der Waals surface area contributed by atoms with Crippen molar-refractivity contribution in [1.29, 1.82) is 0 Å². The van der Waals surface area contributed by atoms with Crippen molar-refractivity contribution in [2.45, 2.75) is 57.4 Å². The van der Waals surface area contributed by atoms with Gasteiger partial charge in [-0.05, 0) is 56.7 Å². The highest BCUT2D eigenvalue weighted by Gasteiger charge is 2.51. The first kappa shape index (κ1) is 19.8. The summed E-state index contributed by atoms with van der Waals surface area (Å²) < 4.78 is 33.7. The van der Waals surface area contributed by atoms with Gasteiger partial charge in [-0.1, -0.05) is 29.4 Å². The predicted octanol–water partition coefficient (Wildman–Crippen LogP) is 4.68. The van der Waals surface area contributed by atoms with E-state index in [2.05, 4.69) is 21.3 Å². The molecule has 9 heteroatoms. The van der Waals surface area contributed by atoms with Crippen molar-refractivity contribution in [2.75, 3.05) is 0 Å². The molecule has 2 saturated carbocycles.